The minimum absolute atomic E-state index is 0.0578. The molecule has 0 aromatic heterocycles. The standard InChI is InChI=1S/C39H69NO13/c1-11-31-27(20-49-39-37(48-10)36(47-9)33(45)25(6)51-39)16-21(2)12-13-29(42)22(3)17-26(14-15-41)35(24(5)30(43)19-32(44)52-31)53-38-34(46)28(40(7)8)18-23(4)50-38/h15,21-28,30-31,33-39,43,45-46H,11-14,16-20H2,1-10H3/t21?,22-,23-,24-,25-,26+,27-,28+,30-,31-,33-,34-,35-,36-,37-,38+,39-/m1/s1. The number of ether oxygens (including phenoxy) is 7. The van der Waals surface area contributed by atoms with E-state index in [0.717, 1.165) is 6.29 Å². The number of aliphatic hydroxyl groups excluding tert-OH is 3. The van der Waals surface area contributed by atoms with Crippen LogP contribution in [0.3, 0.4) is 0 Å². The molecule has 14 nitrogen and oxygen atoms in total. The zero-order chi connectivity index (χ0) is 39.6. The van der Waals surface area contributed by atoms with E-state index in [1.54, 1.807) is 13.8 Å². The van der Waals surface area contributed by atoms with Crippen molar-refractivity contribution in [3.63, 3.8) is 0 Å². The first-order valence-corrected chi connectivity index (χ1v) is 19.6. The summed E-state index contributed by atoms with van der Waals surface area (Å²) in [6.07, 6.45) is -5.26. The van der Waals surface area contributed by atoms with Gasteiger partial charge >= 0.3 is 5.97 Å². The Morgan fingerprint density at radius 2 is 1.55 bits per heavy atom. The summed E-state index contributed by atoms with van der Waals surface area (Å²) < 4.78 is 42.1. The molecular formula is C39H69NO13. The van der Waals surface area contributed by atoms with Crippen LogP contribution in [-0.2, 0) is 47.5 Å². The van der Waals surface area contributed by atoms with Gasteiger partial charge < -0.3 is 58.2 Å². The summed E-state index contributed by atoms with van der Waals surface area (Å²) in [5.41, 5.74) is 0. The third kappa shape index (κ3) is 12.5. The number of cyclic esters (lactones) is 1. The zero-order valence-electron chi connectivity index (χ0n) is 33.6. The molecule has 3 rings (SSSR count). The fourth-order valence-corrected chi connectivity index (χ4v) is 8.31. The number of aldehydes is 1. The quantitative estimate of drug-likeness (QED) is 0.207. The van der Waals surface area contributed by atoms with E-state index in [9.17, 15) is 29.7 Å². The minimum atomic E-state index is -1.23. The molecule has 0 amide bonds. The first-order chi connectivity index (χ1) is 25.1. The van der Waals surface area contributed by atoms with Crippen LogP contribution >= 0.6 is 0 Å². The third-order valence-corrected chi connectivity index (χ3v) is 11.7. The maximum Gasteiger partial charge on any atom is 0.308 e. The van der Waals surface area contributed by atoms with Crippen molar-refractivity contribution < 1.29 is 62.9 Å². The fourth-order valence-electron chi connectivity index (χ4n) is 8.31. The van der Waals surface area contributed by atoms with E-state index in [0.29, 0.717) is 38.5 Å². The molecule has 17 atom stereocenters. The van der Waals surface area contributed by atoms with Crippen LogP contribution in [0.1, 0.15) is 92.9 Å². The van der Waals surface area contributed by atoms with Crippen LogP contribution in [-0.4, -0.2) is 147 Å². The van der Waals surface area contributed by atoms with Gasteiger partial charge in [0.1, 0.15) is 42.6 Å². The van der Waals surface area contributed by atoms with Crippen LogP contribution in [0.2, 0.25) is 0 Å². The molecule has 3 heterocycles. The van der Waals surface area contributed by atoms with Gasteiger partial charge in [-0.05, 0) is 71.9 Å². The number of hydrogen-bond donors (Lipinski definition) is 3. The van der Waals surface area contributed by atoms with Crippen LogP contribution in [0.5, 0.6) is 0 Å². The van der Waals surface area contributed by atoms with Gasteiger partial charge in [0, 0.05) is 50.9 Å². The second kappa shape index (κ2) is 21.6. The summed E-state index contributed by atoms with van der Waals surface area (Å²) in [7, 11) is 6.74. The van der Waals surface area contributed by atoms with E-state index in [-0.39, 0.29) is 49.2 Å². The monoisotopic (exact) mass is 759 g/mol. The van der Waals surface area contributed by atoms with E-state index in [4.69, 9.17) is 33.2 Å². The van der Waals surface area contributed by atoms with Crippen molar-refractivity contribution in [2.24, 2.45) is 29.6 Å². The van der Waals surface area contributed by atoms with Crippen molar-refractivity contribution in [3.8, 4) is 0 Å². The Labute approximate surface area is 316 Å². The van der Waals surface area contributed by atoms with Gasteiger partial charge in [-0.3, -0.25) is 9.59 Å². The number of Topliss-reactive ketones (excluding diaryl/α,β-unsaturated/α-hetero) is 1. The normalized spacial score (nSPS) is 43.0. The highest BCUT2D eigenvalue weighted by Crippen LogP contribution is 2.35. The molecule has 0 saturated carbocycles. The lowest BCUT2D eigenvalue weighted by Crippen LogP contribution is -2.59. The number of esters is 1. The molecule has 0 aromatic carbocycles. The maximum atomic E-state index is 13.6. The molecule has 0 bridgehead atoms. The summed E-state index contributed by atoms with van der Waals surface area (Å²) in [5, 5.41) is 33.5. The Balaban J connectivity index is 1.90. The van der Waals surface area contributed by atoms with Gasteiger partial charge in [0.15, 0.2) is 12.6 Å². The lowest BCUT2D eigenvalue weighted by molar-refractivity contribution is -0.305. The highest BCUT2D eigenvalue weighted by molar-refractivity contribution is 5.80. The highest BCUT2D eigenvalue weighted by Gasteiger charge is 2.46. The Hall–Kier alpha value is -1.59. The van der Waals surface area contributed by atoms with Crippen molar-refractivity contribution in [3.05, 3.63) is 0 Å². The Morgan fingerprint density at radius 3 is 2.15 bits per heavy atom. The van der Waals surface area contributed by atoms with Crippen LogP contribution in [0.25, 0.3) is 0 Å². The molecule has 14 heteroatoms. The van der Waals surface area contributed by atoms with Crippen molar-refractivity contribution in [2.45, 2.75) is 166 Å². The second-order valence-corrected chi connectivity index (χ2v) is 16.1. The number of likely N-dealkylation sites (N-methyl/N-ethyl adjacent to an activating group) is 1. The van der Waals surface area contributed by atoms with Gasteiger partial charge in [0.2, 0.25) is 0 Å². The molecule has 0 aromatic rings. The van der Waals surface area contributed by atoms with E-state index in [1.165, 1.54) is 14.2 Å². The van der Waals surface area contributed by atoms with Gasteiger partial charge in [-0.2, -0.15) is 0 Å². The lowest BCUT2D eigenvalue weighted by Gasteiger charge is -2.44. The summed E-state index contributed by atoms with van der Waals surface area (Å²) in [4.78, 5) is 41.2. The summed E-state index contributed by atoms with van der Waals surface area (Å²) in [5.74, 6) is -2.37. The number of carbonyl (C=O) groups excluding carboxylic acids is 3. The minimum Gasteiger partial charge on any atom is -0.462 e. The Bertz CT molecular complexity index is 1130. The van der Waals surface area contributed by atoms with E-state index >= 15 is 0 Å². The number of methoxy groups -OCH3 is 2. The van der Waals surface area contributed by atoms with Gasteiger partial charge in [0.05, 0.1) is 37.4 Å². The smallest absolute Gasteiger partial charge is 0.308 e. The van der Waals surface area contributed by atoms with Crippen LogP contribution < -0.4 is 0 Å². The number of hydrogen-bond acceptors (Lipinski definition) is 14. The van der Waals surface area contributed by atoms with Gasteiger partial charge in [-0.25, -0.2) is 0 Å². The molecule has 3 saturated heterocycles. The molecule has 3 fully saturated rings. The molecule has 1 unspecified atom stereocenters. The maximum absolute atomic E-state index is 13.6. The van der Waals surface area contributed by atoms with Crippen molar-refractivity contribution in [1.29, 1.82) is 0 Å². The summed E-state index contributed by atoms with van der Waals surface area (Å²) in [6.45, 7) is 11.3. The molecular weight excluding hydrogens is 690 g/mol. The largest absolute Gasteiger partial charge is 0.462 e. The van der Waals surface area contributed by atoms with Gasteiger partial charge in [-0.1, -0.05) is 27.7 Å². The van der Waals surface area contributed by atoms with Gasteiger partial charge in [-0.15, -0.1) is 0 Å². The highest BCUT2D eigenvalue weighted by atomic mass is 16.7. The van der Waals surface area contributed by atoms with E-state index < -0.39 is 85.1 Å². The Morgan fingerprint density at radius 1 is 0.868 bits per heavy atom. The average Bonchev–Trinajstić information content (AvgIpc) is 3.11. The number of ketones is 1. The van der Waals surface area contributed by atoms with Crippen LogP contribution in [0, 0.1) is 29.6 Å². The Kier molecular flexibility index (Phi) is 18.7. The van der Waals surface area contributed by atoms with Crippen LogP contribution in [0.4, 0.5) is 0 Å². The molecule has 0 radical (unpaired) electrons. The number of carbonyl (C=O) groups is 3. The summed E-state index contributed by atoms with van der Waals surface area (Å²) in [6, 6.07) is -0.249. The van der Waals surface area contributed by atoms with Crippen LogP contribution in [0.15, 0.2) is 0 Å². The van der Waals surface area contributed by atoms with Crippen molar-refractivity contribution in [2.75, 3.05) is 34.9 Å². The fraction of sp³-hybridized carbons (Fsp3) is 0.923. The molecule has 308 valence electrons. The zero-order valence-corrected chi connectivity index (χ0v) is 33.6. The molecule has 0 spiro atoms. The SMILES string of the molecule is CC[C@H]1OC(=O)C[C@@H](O)[C@@H](C)[C@@H](O[C@@H]2O[C@H](C)C[C@H](N(C)C)[C@H]2O)[C@@H](CC=O)C[C@@H](C)C(=O)CCC(C)C[C@@H]1CO[C@@H]1O[C@H](C)[C@@H](O)[C@@H](OC)[C@H]1OC. The van der Waals surface area contributed by atoms with E-state index in [2.05, 4.69) is 6.92 Å². The topological polar surface area (TPSA) is 180 Å². The molecule has 3 aliphatic heterocycles. The number of aliphatic hydroxyl groups is 3. The number of rotatable bonds is 11. The first kappa shape index (κ1) is 45.8. The molecule has 3 aliphatic rings. The molecule has 3 N–H and O–H groups in total. The second-order valence-electron chi connectivity index (χ2n) is 16.1. The number of nitrogens with zero attached hydrogens (tertiary/aromatic N) is 1. The van der Waals surface area contributed by atoms with Gasteiger partial charge in [0.25, 0.3) is 0 Å². The predicted octanol–water partition coefficient (Wildman–Crippen LogP) is 2.90. The third-order valence-electron chi connectivity index (χ3n) is 11.7. The average molecular weight is 760 g/mol. The lowest BCUT2D eigenvalue weighted by atomic mass is 9.79. The van der Waals surface area contributed by atoms with E-state index in [1.807, 2.05) is 39.8 Å². The van der Waals surface area contributed by atoms with Crippen molar-refractivity contribution >= 4 is 18.0 Å². The molecule has 0 aliphatic carbocycles. The first-order valence-electron chi connectivity index (χ1n) is 19.6. The summed E-state index contributed by atoms with van der Waals surface area (Å²) >= 11 is 0. The van der Waals surface area contributed by atoms with Crippen molar-refractivity contribution in [1.82, 2.24) is 4.90 Å². The predicted molar refractivity (Wildman–Crippen MR) is 195 cm³/mol. The molecule has 53 heavy (non-hydrogen) atoms.